The molecule has 156 valence electrons. The van der Waals surface area contributed by atoms with Crippen molar-refractivity contribution in [2.75, 3.05) is 15.9 Å². The Hall–Kier alpha value is -2.83. The Balaban J connectivity index is 1.80. The Morgan fingerprint density at radius 3 is 2.03 bits per heavy atom. The molecule has 0 unspecified atom stereocenters. The summed E-state index contributed by atoms with van der Waals surface area (Å²) in [7, 11) is -3.49. The molecule has 0 atom stereocenters. The van der Waals surface area contributed by atoms with Crippen molar-refractivity contribution in [2.24, 2.45) is 0 Å². The third kappa shape index (κ3) is 5.20. The summed E-state index contributed by atoms with van der Waals surface area (Å²) >= 11 is 5.86. The molecule has 0 heterocycles. The number of amides is 1. The maximum Gasteiger partial charge on any atom is 0.255 e. The number of hydrogen-bond donors (Lipinski definition) is 1. The number of halogens is 1. The normalized spacial score (nSPS) is 11.2. The van der Waals surface area contributed by atoms with Crippen molar-refractivity contribution in [3.63, 3.8) is 0 Å². The molecule has 0 aromatic heterocycles. The molecule has 1 amide bonds. The second kappa shape index (κ2) is 8.90. The summed E-state index contributed by atoms with van der Waals surface area (Å²) in [5, 5.41) is 3.40. The number of benzene rings is 3. The molecule has 0 aliphatic heterocycles. The second-order valence-electron chi connectivity index (χ2n) is 7.17. The highest BCUT2D eigenvalue weighted by Gasteiger charge is 2.21. The van der Waals surface area contributed by atoms with E-state index in [4.69, 9.17) is 11.6 Å². The van der Waals surface area contributed by atoms with Gasteiger partial charge in [-0.3, -0.25) is 9.10 Å². The van der Waals surface area contributed by atoms with E-state index in [0.717, 1.165) is 16.7 Å². The average Bonchev–Trinajstić information content (AvgIpc) is 2.68. The van der Waals surface area contributed by atoms with E-state index in [9.17, 15) is 13.2 Å². The van der Waals surface area contributed by atoms with Crippen LogP contribution in [-0.4, -0.2) is 20.6 Å². The highest BCUT2D eigenvalue weighted by Crippen LogP contribution is 2.28. The van der Waals surface area contributed by atoms with Gasteiger partial charge in [-0.1, -0.05) is 41.9 Å². The molecule has 0 saturated carbocycles. The first-order chi connectivity index (χ1) is 14.1. The van der Waals surface area contributed by atoms with Crippen molar-refractivity contribution >= 4 is 38.9 Å². The lowest BCUT2D eigenvalue weighted by Crippen LogP contribution is -2.30. The quantitative estimate of drug-likeness (QED) is 0.572. The predicted octanol–water partition coefficient (Wildman–Crippen LogP) is 5.18. The molecule has 30 heavy (non-hydrogen) atoms. The second-order valence-corrected chi connectivity index (χ2v) is 9.51. The molecule has 3 rings (SSSR count). The lowest BCUT2D eigenvalue weighted by atomic mass is 10.1. The molecule has 0 spiro atoms. The molecule has 5 nitrogen and oxygen atoms in total. The molecular weight excluding hydrogens is 420 g/mol. The molecule has 0 bridgehead atoms. The molecular formula is C23H23ClN2O3S. The fraction of sp³-hybridized carbons (Fsp3) is 0.174. The van der Waals surface area contributed by atoms with Crippen molar-refractivity contribution in [3.05, 3.63) is 94.0 Å². The number of carbonyl (C=O) groups excluding carboxylic acids is 1. The van der Waals surface area contributed by atoms with Gasteiger partial charge >= 0.3 is 0 Å². The molecule has 3 aromatic carbocycles. The molecule has 7 heteroatoms. The van der Waals surface area contributed by atoms with Crippen molar-refractivity contribution in [3.8, 4) is 0 Å². The van der Waals surface area contributed by atoms with Gasteiger partial charge in [-0.05, 0) is 66.9 Å². The Bertz CT molecular complexity index is 1140. The monoisotopic (exact) mass is 442 g/mol. The van der Waals surface area contributed by atoms with Gasteiger partial charge in [0.15, 0.2) is 0 Å². The molecule has 0 fully saturated rings. The SMILES string of the molecule is Cc1cccc(C)c1N(Cc1ccc(C(=O)Nc2ccc(Cl)cc2)cc1)S(C)(=O)=O. The zero-order chi connectivity index (χ0) is 21.9. The van der Waals surface area contributed by atoms with E-state index in [0.29, 0.717) is 22.0 Å². The number of para-hydroxylation sites is 1. The van der Waals surface area contributed by atoms with E-state index >= 15 is 0 Å². The Kier molecular flexibility index (Phi) is 6.48. The van der Waals surface area contributed by atoms with E-state index in [-0.39, 0.29) is 12.5 Å². The van der Waals surface area contributed by atoms with Crippen molar-refractivity contribution < 1.29 is 13.2 Å². The minimum atomic E-state index is -3.49. The van der Waals surface area contributed by atoms with Gasteiger partial charge in [-0.2, -0.15) is 0 Å². The van der Waals surface area contributed by atoms with Crippen molar-refractivity contribution in [1.82, 2.24) is 0 Å². The van der Waals surface area contributed by atoms with Gasteiger partial charge in [0.25, 0.3) is 5.91 Å². The van der Waals surface area contributed by atoms with Crippen molar-refractivity contribution in [2.45, 2.75) is 20.4 Å². The van der Waals surface area contributed by atoms with Gasteiger partial charge in [0.2, 0.25) is 10.0 Å². The van der Waals surface area contributed by atoms with Crippen LogP contribution in [-0.2, 0) is 16.6 Å². The zero-order valence-corrected chi connectivity index (χ0v) is 18.6. The maximum atomic E-state index is 12.5. The van der Waals surface area contributed by atoms with E-state index in [2.05, 4.69) is 5.32 Å². The zero-order valence-electron chi connectivity index (χ0n) is 17.0. The number of nitrogens with one attached hydrogen (secondary N) is 1. The third-order valence-corrected chi connectivity index (χ3v) is 6.10. The number of aryl methyl sites for hydroxylation is 2. The predicted molar refractivity (Wildman–Crippen MR) is 123 cm³/mol. The maximum absolute atomic E-state index is 12.5. The summed E-state index contributed by atoms with van der Waals surface area (Å²) in [5.41, 5.74) is 4.37. The van der Waals surface area contributed by atoms with E-state index < -0.39 is 10.0 Å². The first kappa shape index (κ1) is 21.9. The Morgan fingerprint density at radius 2 is 1.50 bits per heavy atom. The van der Waals surface area contributed by atoms with E-state index in [1.807, 2.05) is 32.0 Å². The van der Waals surface area contributed by atoms with Crippen LogP contribution < -0.4 is 9.62 Å². The summed E-state index contributed by atoms with van der Waals surface area (Å²) in [6.07, 6.45) is 1.20. The van der Waals surface area contributed by atoms with Crippen LogP contribution in [0.4, 0.5) is 11.4 Å². The van der Waals surface area contributed by atoms with Gasteiger partial charge in [0, 0.05) is 16.3 Å². The number of sulfonamides is 1. The number of hydrogen-bond acceptors (Lipinski definition) is 3. The number of anilines is 2. The molecule has 0 radical (unpaired) electrons. The highest BCUT2D eigenvalue weighted by molar-refractivity contribution is 7.92. The fourth-order valence-corrected chi connectivity index (χ4v) is 4.35. The summed E-state index contributed by atoms with van der Waals surface area (Å²) in [6, 6.07) is 19.5. The van der Waals surface area contributed by atoms with Crippen molar-refractivity contribution in [1.29, 1.82) is 0 Å². The van der Waals surface area contributed by atoms with Crippen LogP contribution in [0.3, 0.4) is 0 Å². The first-order valence-electron chi connectivity index (χ1n) is 9.35. The standard InChI is InChI=1S/C23H23ClN2O3S/c1-16-5-4-6-17(2)22(16)26(30(3,28)29)15-18-7-9-19(10-8-18)23(27)25-21-13-11-20(24)12-14-21/h4-14H,15H2,1-3H3,(H,25,27). The molecule has 1 N–H and O–H groups in total. The van der Waals surface area contributed by atoms with Crippen LogP contribution in [0, 0.1) is 13.8 Å². The van der Waals surface area contributed by atoms with Crippen LogP contribution in [0.1, 0.15) is 27.0 Å². The lowest BCUT2D eigenvalue weighted by molar-refractivity contribution is 0.102. The molecule has 0 aliphatic carbocycles. The van der Waals surface area contributed by atoms with E-state index in [1.54, 1.807) is 48.5 Å². The first-order valence-corrected chi connectivity index (χ1v) is 11.6. The average molecular weight is 443 g/mol. The number of nitrogens with zero attached hydrogens (tertiary/aromatic N) is 1. The van der Waals surface area contributed by atoms with Gasteiger partial charge in [-0.25, -0.2) is 8.42 Å². The van der Waals surface area contributed by atoms with Crippen LogP contribution >= 0.6 is 11.6 Å². The minimum absolute atomic E-state index is 0.184. The summed E-state index contributed by atoms with van der Waals surface area (Å²) in [5.74, 6) is -0.251. The van der Waals surface area contributed by atoms with Crippen LogP contribution in [0.2, 0.25) is 5.02 Å². The highest BCUT2D eigenvalue weighted by atomic mass is 35.5. The topological polar surface area (TPSA) is 66.5 Å². The summed E-state index contributed by atoms with van der Waals surface area (Å²) < 4.78 is 26.4. The van der Waals surface area contributed by atoms with Gasteiger partial charge in [0.1, 0.15) is 0 Å². The third-order valence-electron chi connectivity index (χ3n) is 4.73. The Labute approximate surface area is 182 Å². The van der Waals surface area contributed by atoms with Crippen LogP contribution in [0.15, 0.2) is 66.7 Å². The van der Waals surface area contributed by atoms with Gasteiger partial charge < -0.3 is 5.32 Å². The van der Waals surface area contributed by atoms with E-state index in [1.165, 1.54) is 10.6 Å². The van der Waals surface area contributed by atoms with Crippen LogP contribution in [0.25, 0.3) is 0 Å². The fourth-order valence-electron chi connectivity index (χ4n) is 3.23. The molecule has 0 saturated heterocycles. The van der Waals surface area contributed by atoms with Crippen LogP contribution in [0.5, 0.6) is 0 Å². The largest absolute Gasteiger partial charge is 0.322 e. The minimum Gasteiger partial charge on any atom is -0.322 e. The Morgan fingerprint density at radius 1 is 0.933 bits per heavy atom. The number of carbonyl (C=O) groups is 1. The molecule has 0 aliphatic rings. The smallest absolute Gasteiger partial charge is 0.255 e. The number of rotatable bonds is 6. The van der Waals surface area contributed by atoms with Gasteiger partial charge in [-0.15, -0.1) is 0 Å². The van der Waals surface area contributed by atoms with Gasteiger partial charge in [0.05, 0.1) is 18.5 Å². The molecule has 3 aromatic rings. The lowest BCUT2D eigenvalue weighted by Gasteiger charge is -2.26. The summed E-state index contributed by atoms with van der Waals surface area (Å²) in [6.45, 7) is 3.97. The summed E-state index contributed by atoms with van der Waals surface area (Å²) in [4.78, 5) is 12.5.